The molecule has 0 bridgehead atoms. The van der Waals surface area contributed by atoms with Crippen LogP contribution in [0.3, 0.4) is 0 Å². The Morgan fingerprint density at radius 1 is 0.514 bits per heavy atom. The van der Waals surface area contributed by atoms with Crippen molar-refractivity contribution in [2.45, 2.75) is 125 Å². The van der Waals surface area contributed by atoms with E-state index in [0.29, 0.717) is 0 Å². The van der Waals surface area contributed by atoms with Crippen LogP contribution >= 0.6 is 0 Å². The minimum atomic E-state index is 1.01. The van der Waals surface area contributed by atoms with Crippen molar-refractivity contribution in [1.29, 1.82) is 0 Å². The highest BCUT2D eigenvalue weighted by Crippen LogP contribution is 2.45. The number of benzene rings is 2. The van der Waals surface area contributed by atoms with Crippen LogP contribution in [0.15, 0.2) is 47.5 Å². The van der Waals surface area contributed by atoms with Crippen LogP contribution < -0.4 is 0 Å². The monoisotopic (exact) mass is 498 g/mol. The molecule has 2 heteroatoms. The van der Waals surface area contributed by atoms with E-state index in [9.17, 15) is 5.53 Å². The average molecular weight is 499 g/mol. The van der Waals surface area contributed by atoms with E-state index in [0.717, 1.165) is 56.3 Å². The van der Waals surface area contributed by atoms with E-state index in [1.165, 1.54) is 83.1 Å². The molecule has 0 aromatic heterocycles. The minimum Gasteiger partial charge on any atom is -0.493 e. The Balaban J connectivity index is 2.18. The van der Waals surface area contributed by atoms with Gasteiger partial charge in [-0.15, -0.1) is 0 Å². The van der Waals surface area contributed by atoms with Crippen molar-refractivity contribution >= 4 is 11.4 Å². The van der Waals surface area contributed by atoms with Gasteiger partial charge in [0.2, 0.25) is 11.4 Å². The van der Waals surface area contributed by atoms with Crippen molar-refractivity contribution < 1.29 is 4.70 Å². The van der Waals surface area contributed by atoms with E-state index in [2.05, 4.69) is 77.9 Å². The molecule has 0 N–H and O–H groups in total. The predicted molar refractivity (Wildman–Crippen MR) is 161 cm³/mol. The number of rotatable bonds is 15. The molecule has 0 radical (unpaired) electrons. The number of hydrogen-bond donors (Lipinski definition) is 0. The molecule has 0 saturated carbocycles. The lowest BCUT2D eigenvalue weighted by Gasteiger charge is -2.13. The van der Waals surface area contributed by atoms with Gasteiger partial charge in [0.25, 0.3) is 0 Å². The van der Waals surface area contributed by atoms with E-state index in [1.807, 2.05) is 0 Å². The first-order valence-electron chi connectivity index (χ1n) is 15.1. The number of unbranched alkanes of at least 4 members (excludes halogenated alkanes) is 5. The SMILES string of the molecule is CCCCCC1=C(c2cc(C)cc(CCCC)c2)[N+](=[N-])C(c2cc(C)cc(CCCC)c2)=C1CCCC. The second kappa shape index (κ2) is 14.5. The molecule has 1 heterocycles. The summed E-state index contributed by atoms with van der Waals surface area (Å²) in [5, 5.41) is 0. The summed E-state index contributed by atoms with van der Waals surface area (Å²) in [4.78, 5) is 0. The number of aryl methyl sites for hydroxylation is 4. The zero-order valence-corrected chi connectivity index (χ0v) is 24.6. The van der Waals surface area contributed by atoms with Gasteiger partial charge in [-0.1, -0.05) is 83.1 Å². The fourth-order valence-corrected chi connectivity index (χ4v) is 5.74. The number of hydrogen-bond acceptors (Lipinski definition) is 0. The Morgan fingerprint density at radius 3 is 1.35 bits per heavy atom. The summed E-state index contributed by atoms with van der Waals surface area (Å²) < 4.78 is 1.57. The lowest BCUT2D eigenvalue weighted by atomic mass is 9.90. The molecule has 2 aromatic rings. The van der Waals surface area contributed by atoms with Gasteiger partial charge in [0, 0.05) is 22.3 Å². The maximum absolute atomic E-state index is 12.0. The van der Waals surface area contributed by atoms with Crippen LogP contribution in [0.25, 0.3) is 16.9 Å². The van der Waals surface area contributed by atoms with Crippen LogP contribution in [-0.2, 0) is 12.8 Å². The quantitative estimate of drug-likeness (QED) is 0.172. The highest BCUT2D eigenvalue weighted by molar-refractivity contribution is 5.82. The maximum atomic E-state index is 12.0. The van der Waals surface area contributed by atoms with Crippen molar-refractivity contribution in [3.8, 4) is 0 Å². The smallest absolute Gasteiger partial charge is 0.211 e. The normalized spacial score (nSPS) is 13.8. The largest absolute Gasteiger partial charge is 0.493 e. The summed E-state index contributed by atoms with van der Waals surface area (Å²) in [7, 11) is 0. The molecule has 0 unspecified atom stereocenters. The zero-order valence-electron chi connectivity index (χ0n) is 24.6. The lowest BCUT2D eigenvalue weighted by Crippen LogP contribution is -2.04. The van der Waals surface area contributed by atoms with Gasteiger partial charge in [-0.2, -0.15) is 0 Å². The lowest BCUT2D eigenvalue weighted by molar-refractivity contribution is -0.345. The molecule has 0 atom stereocenters. The second-order valence-corrected chi connectivity index (χ2v) is 11.1. The highest BCUT2D eigenvalue weighted by Gasteiger charge is 2.35. The Labute approximate surface area is 227 Å². The molecule has 37 heavy (non-hydrogen) atoms. The summed E-state index contributed by atoms with van der Waals surface area (Å²) in [5.74, 6) is 0. The molecule has 0 spiro atoms. The van der Waals surface area contributed by atoms with Crippen LogP contribution in [0.2, 0.25) is 0 Å². The van der Waals surface area contributed by atoms with Gasteiger partial charge in [-0.3, -0.25) is 0 Å². The second-order valence-electron chi connectivity index (χ2n) is 11.1. The molecule has 0 fully saturated rings. The molecule has 3 rings (SSSR count). The molecular weight excluding hydrogens is 448 g/mol. The standard InChI is InChI=1S/C35H50N2/c1-7-11-15-19-33-32(18-14-10-4)34(30-22-26(5)20-28(24-30)16-12-8-2)37(36)35(33)31-23-27(6)21-29(25-31)17-13-9-3/h20-25H,7-19H2,1-6H3. The van der Waals surface area contributed by atoms with E-state index in [-0.39, 0.29) is 0 Å². The number of nitrogens with zero attached hydrogens (tertiary/aromatic N) is 2. The Hall–Kier alpha value is -2.48. The minimum absolute atomic E-state index is 1.01. The van der Waals surface area contributed by atoms with E-state index < -0.39 is 0 Å². The van der Waals surface area contributed by atoms with Crippen LogP contribution in [0.5, 0.6) is 0 Å². The van der Waals surface area contributed by atoms with E-state index >= 15 is 0 Å². The predicted octanol–water partition coefficient (Wildman–Crippen LogP) is 10.9. The van der Waals surface area contributed by atoms with Gasteiger partial charge in [0.1, 0.15) is 0 Å². The summed E-state index contributed by atoms with van der Waals surface area (Å²) in [5.41, 5.74) is 24.4. The molecule has 0 saturated heterocycles. The van der Waals surface area contributed by atoms with Gasteiger partial charge >= 0.3 is 0 Å². The first kappa shape index (κ1) is 29.1. The molecule has 200 valence electrons. The van der Waals surface area contributed by atoms with Crippen molar-refractivity contribution in [1.82, 2.24) is 0 Å². The topological polar surface area (TPSA) is 25.3 Å². The van der Waals surface area contributed by atoms with Gasteiger partial charge in [0.05, 0.1) is 0 Å². The third kappa shape index (κ3) is 7.53. The molecular formula is C35H50N2. The Kier molecular flexibility index (Phi) is 11.4. The van der Waals surface area contributed by atoms with Gasteiger partial charge in [-0.25, -0.2) is 4.70 Å². The van der Waals surface area contributed by atoms with Crippen molar-refractivity contribution in [3.63, 3.8) is 0 Å². The molecule has 0 aliphatic carbocycles. The summed E-state index contributed by atoms with van der Waals surface area (Å²) >= 11 is 0. The van der Waals surface area contributed by atoms with Gasteiger partial charge < -0.3 is 5.53 Å². The fraction of sp³-hybridized carbons (Fsp3) is 0.543. The Bertz CT molecular complexity index is 1130. The molecule has 1 aliphatic rings. The molecule has 1 aliphatic heterocycles. The highest BCUT2D eigenvalue weighted by atomic mass is 15.2. The van der Waals surface area contributed by atoms with Crippen LogP contribution in [0.1, 0.15) is 132 Å². The maximum Gasteiger partial charge on any atom is 0.211 e. The zero-order chi connectivity index (χ0) is 26.8. The van der Waals surface area contributed by atoms with Gasteiger partial charge in [0.15, 0.2) is 0 Å². The summed E-state index contributed by atoms with van der Waals surface area (Å²) in [6.45, 7) is 13.4. The first-order chi connectivity index (χ1) is 17.9. The third-order valence-corrected chi connectivity index (χ3v) is 7.63. The molecule has 2 nitrogen and oxygen atoms in total. The molecule has 2 aromatic carbocycles. The fourth-order valence-electron chi connectivity index (χ4n) is 5.74. The summed E-state index contributed by atoms with van der Waals surface area (Å²) in [6, 6.07) is 13.9. The van der Waals surface area contributed by atoms with Crippen molar-refractivity contribution in [2.24, 2.45) is 0 Å². The Morgan fingerprint density at radius 2 is 0.919 bits per heavy atom. The van der Waals surface area contributed by atoms with E-state index in [1.54, 1.807) is 4.70 Å². The first-order valence-corrected chi connectivity index (χ1v) is 15.1. The molecule has 0 amide bonds. The number of allylic oxidation sites excluding steroid dienone is 2. The van der Waals surface area contributed by atoms with Crippen LogP contribution in [-0.4, -0.2) is 4.70 Å². The third-order valence-electron chi connectivity index (χ3n) is 7.63. The summed E-state index contributed by atoms with van der Waals surface area (Å²) in [6.07, 6.45) is 14.9. The van der Waals surface area contributed by atoms with E-state index in [4.69, 9.17) is 0 Å². The van der Waals surface area contributed by atoms with Gasteiger partial charge in [-0.05, 0) is 101 Å². The van der Waals surface area contributed by atoms with Crippen molar-refractivity contribution in [3.05, 3.63) is 86.5 Å². The van der Waals surface area contributed by atoms with Crippen LogP contribution in [0, 0.1) is 13.8 Å². The average Bonchev–Trinajstić information content (AvgIpc) is 3.15. The van der Waals surface area contributed by atoms with Crippen LogP contribution in [0.4, 0.5) is 0 Å². The van der Waals surface area contributed by atoms with Crippen molar-refractivity contribution in [2.75, 3.05) is 0 Å².